The van der Waals surface area contributed by atoms with Crippen LogP contribution in [0.5, 0.6) is 5.75 Å². The summed E-state index contributed by atoms with van der Waals surface area (Å²) in [6.45, 7) is 3.37. The van der Waals surface area contributed by atoms with Gasteiger partial charge in [0.25, 0.3) is 0 Å². The van der Waals surface area contributed by atoms with Crippen LogP contribution in [0.25, 0.3) is 0 Å². The Morgan fingerprint density at radius 2 is 1.66 bits per heavy atom. The van der Waals surface area contributed by atoms with Crippen molar-refractivity contribution in [3.8, 4) is 5.75 Å². The van der Waals surface area contributed by atoms with E-state index in [1.165, 1.54) is 0 Å². The highest BCUT2D eigenvalue weighted by Gasteiger charge is 2.88. The Hall–Kier alpha value is -2.99. The van der Waals surface area contributed by atoms with Crippen LogP contribution in [0.3, 0.4) is 0 Å². The second-order valence-electron chi connectivity index (χ2n) is 7.97. The van der Waals surface area contributed by atoms with Gasteiger partial charge in [0.1, 0.15) is 5.75 Å². The number of nitrogens with zero attached hydrogens (tertiary/aromatic N) is 1. The summed E-state index contributed by atoms with van der Waals surface area (Å²) < 4.78 is 11.0. The smallest absolute Gasteiger partial charge is 0.328 e. The predicted octanol–water partition coefficient (Wildman–Crippen LogP) is 2.44. The lowest BCUT2D eigenvalue weighted by Gasteiger charge is -2.32. The van der Waals surface area contributed by atoms with Crippen molar-refractivity contribution in [2.24, 2.45) is 10.8 Å². The monoisotopic (exact) mass is 391 g/mol. The van der Waals surface area contributed by atoms with Gasteiger partial charge >= 0.3 is 5.97 Å². The van der Waals surface area contributed by atoms with E-state index in [2.05, 4.69) is 0 Å². The van der Waals surface area contributed by atoms with Gasteiger partial charge in [0.2, 0.25) is 5.91 Å². The molecule has 1 saturated carbocycles. The lowest BCUT2D eigenvalue weighted by molar-refractivity contribution is -0.156. The average molecular weight is 391 g/mol. The fraction of sp³-hybridized carbons (Fsp3) is 0.348. The maximum atomic E-state index is 13.7. The van der Waals surface area contributed by atoms with E-state index in [9.17, 15) is 14.4 Å². The number of carbonyl (C=O) groups is 3. The molecule has 1 aliphatic carbocycles. The van der Waals surface area contributed by atoms with E-state index in [0.29, 0.717) is 37.6 Å². The second kappa shape index (κ2) is 6.26. The van der Waals surface area contributed by atoms with Gasteiger partial charge < -0.3 is 14.4 Å². The van der Waals surface area contributed by atoms with Gasteiger partial charge in [-0.15, -0.1) is 0 Å². The van der Waals surface area contributed by atoms with Crippen molar-refractivity contribution in [3.63, 3.8) is 0 Å². The molecule has 3 atom stereocenters. The van der Waals surface area contributed by atoms with Crippen LogP contribution < -0.4 is 4.74 Å². The van der Waals surface area contributed by atoms with E-state index in [0.717, 1.165) is 5.56 Å². The van der Waals surface area contributed by atoms with Crippen molar-refractivity contribution in [1.29, 1.82) is 0 Å². The zero-order valence-corrected chi connectivity index (χ0v) is 16.1. The molecule has 1 amide bonds. The van der Waals surface area contributed by atoms with Gasteiger partial charge in [-0.2, -0.15) is 0 Å². The topological polar surface area (TPSA) is 72.9 Å². The number of ketones is 1. The van der Waals surface area contributed by atoms with Crippen molar-refractivity contribution in [2.75, 3.05) is 26.3 Å². The Bertz CT molecular complexity index is 1010. The standard InChI is InChI=1S/C23H21NO5/c1-22(19(25)15-7-3-2-4-8-15)18-16-9-5-6-10-17(16)29-21(27)23(18,22)20(26)24-11-13-28-14-12-24/h2-10,18H,11-14H2,1H3/t18-,22+,23+/m0/s1. The van der Waals surface area contributed by atoms with E-state index >= 15 is 0 Å². The maximum Gasteiger partial charge on any atom is 0.328 e. The second-order valence-corrected chi connectivity index (χ2v) is 7.97. The van der Waals surface area contributed by atoms with Crippen molar-refractivity contribution < 1.29 is 23.9 Å². The number of hydrogen-bond acceptors (Lipinski definition) is 5. The Morgan fingerprint density at radius 1 is 1.00 bits per heavy atom. The van der Waals surface area contributed by atoms with E-state index in [4.69, 9.17) is 9.47 Å². The molecule has 29 heavy (non-hydrogen) atoms. The lowest BCUT2D eigenvalue weighted by Crippen LogP contribution is -2.50. The molecule has 2 aromatic rings. The molecule has 0 unspecified atom stereocenters. The summed E-state index contributed by atoms with van der Waals surface area (Å²) in [5, 5.41) is 0. The molecule has 2 aliphatic heterocycles. The SMILES string of the molecule is C[C@]1(C(=O)c2ccccc2)[C@@H]2c3ccccc3OC(=O)[C@]21C(=O)N1CCOCC1. The summed E-state index contributed by atoms with van der Waals surface area (Å²) in [4.78, 5) is 42.3. The molecule has 2 aromatic carbocycles. The zero-order chi connectivity index (χ0) is 20.2. The van der Waals surface area contributed by atoms with Gasteiger partial charge in [-0.25, -0.2) is 0 Å². The molecule has 2 heterocycles. The fourth-order valence-corrected chi connectivity index (χ4v) is 5.13. The summed E-state index contributed by atoms with van der Waals surface area (Å²) in [5.41, 5.74) is -1.51. The molecule has 3 aliphatic rings. The highest BCUT2D eigenvalue weighted by atomic mass is 16.5. The minimum Gasteiger partial charge on any atom is -0.425 e. The van der Waals surface area contributed by atoms with E-state index in [-0.39, 0.29) is 11.7 Å². The normalized spacial score (nSPS) is 30.0. The van der Waals surface area contributed by atoms with Crippen LogP contribution in [-0.4, -0.2) is 48.9 Å². The number of rotatable bonds is 3. The third-order valence-electron chi connectivity index (χ3n) is 6.64. The van der Waals surface area contributed by atoms with Crippen LogP contribution in [-0.2, 0) is 14.3 Å². The van der Waals surface area contributed by atoms with Gasteiger partial charge in [-0.05, 0) is 13.0 Å². The Balaban J connectivity index is 1.66. The minimum atomic E-state index is -1.54. The van der Waals surface area contributed by atoms with Gasteiger partial charge in [0, 0.05) is 30.1 Å². The van der Waals surface area contributed by atoms with Crippen LogP contribution in [0, 0.1) is 10.8 Å². The number of morpholine rings is 1. The number of fused-ring (bicyclic) bond motifs is 3. The van der Waals surface area contributed by atoms with Crippen molar-refractivity contribution >= 4 is 17.7 Å². The summed E-state index contributed by atoms with van der Waals surface area (Å²) >= 11 is 0. The molecule has 0 spiro atoms. The van der Waals surface area contributed by atoms with Crippen LogP contribution in [0.4, 0.5) is 0 Å². The predicted molar refractivity (Wildman–Crippen MR) is 104 cm³/mol. The number of Topliss-reactive ketones (excluding diaryl/α,β-unsaturated/α-hetero) is 1. The van der Waals surface area contributed by atoms with Crippen molar-refractivity contribution in [2.45, 2.75) is 12.8 Å². The van der Waals surface area contributed by atoms with Gasteiger partial charge in [-0.1, -0.05) is 48.5 Å². The van der Waals surface area contributed by atoms with E-state index < -0.39 is 22.7 Å². The van der Waals surface area contributed by atoms with Crippen LogP contribution in [0.1, 0.15) is 28.8 Å². The van der Waals surface area contributed by atoms with Crippen LogP contribution in [0.2, 0.25) is 0 Å². The number of para-hydroxylation sites is 1. The number of esters is 1. The summed E-state index contributed by atoms with van der Waals surface area (Å²) in [5.74, 6) is -1.30. The Kier molecular flexibility index (Phi) is 3.90. The highest BCUT2D eigenvalue weighted by molar-refractivity contribution is 6.21. The number of ether oxygens (including phenoxy) is 2. The highest BCUT2D eigenvalue weighted by Crippen LogP contribution is 2.78. The van der Waals surface area contributed by atoms with E-state index in [1.807, 2.05) is 18.2 Å². The van der Waals surface area contributed by atoms with Gasteiger partial charge in [0.15, 0.2) is 11.2 Å². The number of amides is 1. The molecule has 0 radical (unpaired) electrons. The molecule has 2 fully saturated rings. The molecule has 5 rings (SSSR count). The van der Waals surface area contributed by atoms with Gasteiger partial charge in [0.05, 0.1) is 18.6 Å². The quantitative estimate of drug-likeness (QED) is 0.348. The van der Waals surface area contributed by atoms with E-state index in [1.54, 1.807) is 48.2 Å². The minimum absolute atomic E-state index is 0.210. The largest absolute Gasteiger partial charge is 0.425 e. The van der Waals surface area contributed by atoms with Gasteiger partial charge in [-0.3, -0.25) is 14.4 Å². The Morgan fingerprint density at radius 3 is 2.38 bits per heavy atom. The first kappa shape index (κ1) is 18.1. The molecular formula is C23H21NO5. The molecule has 6 nitrogen and oxygen atoms in total. The zero-order valence-electron chi connectivity index (χ0n) is 16.1. The summed E-state index contributed by atoms with van der Waals surface area (Å²) in [6, 6.07) is 16.0. The molecule has 1 saturated heterocycles. The van der Waals surface area contributed by atoms with Crippen LogP contribution >= 0.6 is 0 Å². The number of carbonyl (C=O) groups excluding carboxylic acids is 3. The molecule has 0 N–H and O–H groups in total. The first-order chi connectivity index (χ1) is 14.0. The molecule has 0 aromatic heterocycles. The summed E-state index contributed by atoms with van der Waals surface area (Å²) in [6.07, 6.45) is 0. The number of benzene rings is 2. The molecule has 148 valence electrons. The first-order valence-corrected chi connectivity index (χ1v) is 9.81. The Labute approximate surface area is 168 Å². The van der Waals surface area contributed by atoms with Crippen LogP contribution in [0.15, 0.2) is 54.6 Å². The van der Waals surface area contributed by atoms with Crippen molar-refractivity contribution in [3.05, 3.63) is 65.7 Å². The fourth-order valence-electron chi connectivity index (χ4n) is 5.13. The maximum absolute atomic E-state index is 13.7. The molecule has 6 heteroatoms. The first-order valence-electron chi connectivity index (χ1n) is 9.81. The summed E-state index contributed by atoms with van der Waals surface area (Å²) in [7, 11) is 0. The average Bonchev–Trinajstić information content (AvgIpc) is 3.37. The third-order valence-corrected chi connectivity index (χ3v) is 6.64. The third kappa shape index (κ3) is 2.23. The molecular weight excluding hydrogens is 370 g/mol. The molecule has 0 bridgehead atoms. The lowest BCUT2D eigenvalue weighted by atomic mass is 9.86. The number of hydrogen-bond donors (Lipinski definition) is 0. The van der Waals surface area contributed by atoms with Crippen molar-refractivity contribution in [1.82, 2.24) is 4.90 Å².